The summed E-state index contributed by atoms with van der Waals surface area (Å²) in [5.74, 6) is 2.03. The number of pyridine rings is 1. The first kappa shape index (κ1) is 23.8. The first-order chi connectivity index (χ1) is 15.4. The molecule has 2 radical (unpaired) electrons. The molecule has 3 rings (SSSR count). The number of aromatic hydroxyl groups is 1. The molecule has 0 amide bonds. The highest BCUT2D eigenvalue weighted by Crippen LogP contribution is 2.33. The Kier molecular flexibility index (Phi) is 8.28. The van der Waals surface area contributed by atoms with Gasteiger partial charge in [0.25, 0.3) is 0 Å². The van der Waals surface area contributed by atoms with E-state index in [-0.39, 0.29) is 11.8 Å². The van der Waals surface area contributed by atoms with Gasteiger partial charge in [-0.15, -0.1) is 0 Å². The lowest BCUT2D eigenvalue weighted by Gasteiger charge is -2.30. The summed E-state index contributed by atoms with van der Waals surface area (Å²) in [6, 6.07) is 6.92. The second-order valence-corrected chi connectivity index (χ2v) is 8.28. The monoisotopic (exact) mass is 433 g/mol. The largest absolute Gasteiger partial charge is 0.508 e. The van der Waals surface area contributed by atoms with Crippen molar-refractivity contribution < 1.29 is 9.84 Å². The number of phenolic OH excluding ortho intramolecular Hbond substituents is 1. The molecule has 1 aromatic carbocycles. The highest BCUT2D eigenvalue weighted by atomic mass is 16.5. The van der Waals surface area contributed by atoms with Crippen LogP contribution in [0, 0.1) is 12.8 Å². The maximum absolute atomic E-state index is 9.56. The van der Waals surface area contributed by atoms with Gasteiger partial charge in [-0.05, 0) is 56.5 Å². The quantitative estimate of drug-likeness (QED) is 0.333. The molecule has 8 heteroatoms. The van der Waals surface area contributed by atoms with E-state index in [1.807, 2.05) is 11.7 Å². The molecule has 0 aliphatic carbocycles. The maximum Gasteiger partial charge on any atom is 0.183 e. The summed E-state index contributed by atoms with van der Waals surface area (Å²) < 4.78 is 6.38. The first-order valence-electron chi connectivity index (χ1n) is 11.2. The molecule has 7 nitrogen and oxygen atoms in total. The number of benzene rings is 1. The van der Waals surface area contributed by atoms with Crippen molar-refractivity contribution in [3.8, 4) is 11.5 Å². The number of fused-ring (bicyclic) bond motifs is 1. The van der Waals surface area contributed by atoms with Gasteiger partial charge >= 0.3 is 0 Å². The maximum atomic E-state index is 9.56. The second kappa shape index (κ2) is 11.1. The second-order valence-electron chi connectivity index (χ2n) is 8.28. The van der Waals surface area contributed by atoms with E-state index in [2.05, 4.69) is 41.0 Å². The van der Waals surface area contributed by atoms with Crippen molar-refractivity contribution in [3.63, 3.8) is 0 Å². The van der Waals surface area contributed by atoms with Crippen molar-refractivity contribution >= 4 is 30.4 Å². The normalized spacial score (nSPS) is 13.3. The average Bonchev–Trinajstić information content (AvgIpc) is 2.79. The SMILES string of the molecule is [B]N(CCC)C(COc1c(C)ncc2ncnc(Nc3ccc(O)cc3)c12)C[C@H](C)CC. The fourth-order valence-electron chi connectivity index (χ4n) is 3.62. The van der Waals surface area contributed by atoms with Crippen LogP contribution in [0.5, 0.6) is 11.5 Å². The van der Waals surface area contributed by atoms with Crippen molar-refractivity contribution in [1.82, 2.24) is 19.8 Å². The molecule has 3 aromatic rings. The molecule has 2 heterocycles. The molecule has 0 fully saturated rings. The zero-order valence-corrected chi connectivity index (χ0v) is 19.4. The van der Waals surface area contributed by atoms with Crippen LogP contribution < -0.4 is 10.1 Å². The van der Waals surface area contributed by atoms with E-state index in [0.29, 0.717) is 29.6 Å². The molecule has 2 atom stereocenters. The highest BCUT2D eigenvalue weighted by molar-refractivity contribution is 6.04. The Morgan fingerprint density at radius 3 is 2.59 bits per heavy atom. The van der Waals surface area contributed by atoms with Gasteiger partial charge in [-0.25, -0.2) is 9.97 Å². The Morgan fingerprint density at radius 2 is 1.91 bits per heavy atom. The molecule has 0 bridgehead atoms. The lowest BCUT2D eigenvalue weighted by Crippen LogP contribution is -2.39. The standard InChI is InChI=1S/C24H32BN5O2/c1-5-11-30(25)19(12-16(3)6-2)14-32-23-17(4)26-13-21-22(23)24(28-15-27-21)29-18-7-9-20(31)10-8-18/h7-10,13,15-16,19,31H,5-6,11-12,14H2,1-4H3,(H,27,28,29)/t16-,19?/m1/s1. The smallest absolute Gasteiger partial charge is 0.183 e. The summed E-state index contributed by atoms with van der Waals surface area (Å²) in [7, 11) is 6.37. The Hall–Kier alpha value is -2.87. The van der Waals surface area contributed by atoms with Crippen LogP contribution in [0.2, 0.25) is 0 Å². The molecule has 0 aliphatic rings. The van der Waals surface area contributed by atoms with Gasteiger partial charge in [-0.3, -0.25) is 4.98 Å². The van der Waals surface area contributed by atoms with Crippen molar-refractivity contribution in [2.75, 3.05) is 18.5 Å². The Morgan fingerprint density at radius 1 is 1.16 bits per heavy atom. The summed E-state index contributed by atoms with van der Waals surface area (Å²) in [6.45, 7) is 9.75. The molecule has 32 heavy (non-hydrogen) atoms. The Balaban J connectivity index is 1.92. The molecular formula is C24H32BN5O2. The number of anilines is 2. The van der Waals surface area contributed by atoms with Gasteiger partial charge in [0, 0.05) is 11.7 Å². The predicted octanol–water partition coefficient (Wildman–Crippen LogP) is 4.76. The van der Waals surface area contributed by atoms with Crippen molar-refractivity contribution in [1.29, 1.82) is 0 Å². The molecule has 1 unspecified atom stereocenters. The van der Waals surface area contributed by atoms with Crippen molar-refractivity contribution in [2.24, 2.45) is 5.92 Å². The summed E-state index contributed by atoms with van der Waals surface area (Å²) >= 11 is 0. The van der Waals surface area contributed by atoms with Crippen molar-refractivity contribution in [3.05, 3.63) is 42.5 Å². The molecule has 0 saturated heterocycles. The van der Waals surface area contributed by atoms with Gasteiger partial charge in [-0.1, -0.05) is 27.2 Å². The average molecular weight is 433 g/mol. The highest BCUT2D eigenvalue weighted by Gasteiger charge is 2.20. The molecule has 0 saturated carbocycles. The van der Waals surface area contributed by atoms with Gasteiger partial charge in [-0.2, -0.15) is 0 Å². The van der Waals surface area contributed by atoms with Gasteiger partial charge in [0.1, 0.15) is 24.5 Å². The van der Waals surface area contributed by atoms with Gasteiger partial charge in [0.2, 0.25) is 0 Å². The Bertz CT molecular complexity index is 1020. The third-order valence-corrected chi connectivity index (χ3v) is 5.69. The number of hydrogen-bond donors (Lipinski definition) is 2. The van der Waals surface area contributed by atoms with Crippen LogP contribution in [0.4, 0.5) is 11.5 Å². The van der Waals surface area contributed by atoms with Gasteiger partial charge in [0.05, 0.1) is 22.8 Å². The lowest BCUT2D eigenvalue weighted by molar-refractivity contribution is 0.183. The van der Waals surface area contributed by atoms with Crippen LogP contribution in [0.25, 0.3) is 10.9 Å². The van der Waals surface area contributed by atoms with Gasteiger partial charge < -0.3 is 20.0 Å². The fraction of sp³-hybridized carbons (Fsp3) is 0.458. The molecule has 2 aromatic heterocycles. The molecule has 2 N–H and O–H groups in total. The van der Waals surface area contributed by atoms with Crippen LogP contribution in [0.1, 0.15) is 45.7 Å². The van der Waals surface area contributed by atoms with Crippen LogP contribution in [-0.4, -0.2) is 52.0 Å². The van der Waals surface area contributed by atoms with Crippen molar-refractivity contribution in [2.45, 2.75) is 53.0 Å². The summed E-state index contributed by atoms with van der Waals surface area (Å²) in [5.41, 5.74) is 2.26. The minimum absolute atomic E-state index is 0.0951. The lowest BCUT2D eigenvalue weighted by atomic mass is 9.96. The van der Waals surface area contributed by atoms with Gasteiger partial charge in [0.15, 0.2) is 13.7 Å². The van der Waals surface area contributed by atoms with Crippen LogP contribution in [-0.2, 0) is 0 Å². The summed E-state index contributed by atoms with van der Waals surface area (Å²) in [6.07, 6.45) is 6.26. The number of aryl methyl sites for hydroxylation is 1. The fourth-order valence-corrected chi connectivity index (χ4v) is 3.62. The minimum Gasteiger partial charge on any atom is -0.508 e. The number of nitrogens with one attached hydrogen (secondary N) is 1. The third-order valence-electron chi connectivity index (χ3n) is 5.69. The van der Waals surface area contributed by atoms with E-state index in [1.165, 1.54) is 6.33 Å². The molecule has 0 spiro atoms. The summed E-state index contributed by atoms with van der Waals surface area (Å²) in [5, 5.41) is 13.6. The molecular weight excluding hydrogens is 401 g/mol. The number of hydrogen-bond acceptors (Lipinski definition) is 7. The van der Waals surface area contributed by atoms with E-state index in [4.69, 9.17) is 12.7 Å². The van der Waals surface area contributed by atoms with Crippen LogP contribution in [0.15, 0.2) is 36.8 Å². The number of nitrogens with zero attached hydrogens (tertiary/aromatic N) is 4. The number of aromatic nitrogens is 3. The first-order valence-corrected chi connectivity index (χ1v) is 11.2. The Labute approximate surface area is 191 Å². The topological polar surface area (TPSA) is 83.4 Å². The molecule has 168 valence electrons. The van der Waals surface area contributed by atoms with E-state index in [9.17, 15) is 5.11 Å². The predicted molar refractivity (Wildman–Crippen MR) is 130 cm³/mol. The third kappa shape index (κ3) is 5.88. The zero-order valence-electron chi connectivity index (χ0n) is 19.4. The van der Waals surface area contributed by atoms with E-state index >= 15 is 0 Å². The minimum atomic E-state index is 0.0951. The number of phenols is 1. The zero-order chi connectivity index (χ0) is 23.1. The molecule has 0 aliphatic heterocycles. The van der Waals surface area contributed by atoms with Crippen LogP contribution >= 0.6 is 0 Å². The van der Waals surface area contributed by atoms with Crippen LogP contribution in [0.3, 0.4) is 0 Å². The van der Waals surface area contributed by atoms with E-state index in [0.717, 1.165) is 42.6 Å². The summed E-state index contributed by atoms with van der Waals surface area (Å²) in [4.78, 5) is 15.2. The van der Waals surface area contributed by atoms with E-state index in [1.54, 1.807) is 30.5 Å². The number of rotatable bonds is 11. The van der Waals surface area contributed by atoms with E-state index < -0.39 is 0 Å². The number of ether oxygens (including phenoxy) is 1.